The maximum Gasteiger partial charge on any atom is 0.141 e. The van der Waals surface area contributed by atoms with Crippen LogP contribution in [0.25, 0.3) is 22.0 Å². The zero-order valence-corrected chi connectivity index (χ0v) is 15.5. The Kier molecular flexibility index (Phi) is 4.89. The summed E-state index contributed by atoms with van der Waals surface area (Å²) in [5.74, 6) is 0. The normalized spacial score (nSPS) is 15.7. The van der Waals surface area contributed by atoms with Crippen LogP contribution in [0.15, 0.2) is 48.5 Å². The highest BCUT2D eigenvalue weighted by Gasteiger charge is 2.18. The van der Waals surface area contributed by atoms with E-state index in [1.54, 1.807) is 6.07 Å². The number of hydrogen-bond acceptors (Lipinski definition) is 4. The van der Waals surface area contributed by atoms with Gasteiger partial charge in [-0.3, -0.25) is 4.90 Å². The maximum atomic E-state index is 9.73. The Balaban J connectivity index is 1.71. The van der Waals surface area contributed by atoms with E-state index >= 15 is 0 Å². The quantitative estimate of drug-likeness (QED) is 0.768. The number of hydrogen-bond donors (Lipinski definition) is 1. The number of aliphatic hydroxyl groups excluding tert-OH is 1. The van der Waals surface area contributed by atoms with E-state index in [2.05, 4.69) is 47.1 Å². The standard InChI is InChI=1S/C23H23N3O/c1-16-17(15-26-12-10-19(27)11-13-26)4-2-5-20(16)21-6-3-7-23-22(21)9-8-18(14-24)25-23/h2-9,19,27H,10-13,15H2,1H3. The number of aromatic nitrogens is 1. The zero-order chi connectivity index (χ0) is 18.8. The van der Waals surface area contributed by atoms with E-state index in [1.807, 2.05) is 18.2 Å². The van der Waals surface area contributed by atoms with Crippen LogP contribution in [-0.2, 0) is 6.54 Å². The predicted octanol–water partition coefficient (Wildman–Crippen LogP) is 4.04. The second-order valence-corrected chi connectivity index (χ2v) is 7.28. The molecular weight excluding hydrogens is 334 g/mol. The topological polar surface area (TPSA) is 60.1 Å². The van der Waals surface area contributed by atoms with E-state index in [4.69, 9.17) is 5.26 Å². The van der Waals surface area contributed by atoms with E-state index in [9.17, 15) is 5.11 Å². The van der Waals surface area contributed by atoms with Crippen LogP contribution in [0.3, 0.4) is 0 Å². The highest BCUT2D eigenvalue weighted by atomic mass is 16.3. The molecule has 2 heterocycles. The Morgan fingerprint density at radius 1 is 1.07 bits per heavy atom. The van der Waals surface area contributed by atoms with Crippen molar-refractivity contribution in [3.8, 4) is 17.2 Å². The lowest BCUT2D eigenvalue weighted by atomic mass is 9.93. The number of aliphatic hydroxyl groups is 1. The number of fused-ring (bicyclic) bond motifs is 1. The van der Waals surface area contributed by atoms with Crippen molar-refractivity contribution in [3.63, 3.8) is 0 Å². The molecule has 1 saturated heterocycles. The first-order valence-electron chi connectivity index (χ1n) is 9.45. The van der Waals surface area contributed by atoms with Crippen molar-refractivity contribution in [2.45, 2.75) is 32.4 Å². The van der Waals surface area contributed by atoms with E-state index in [0.717, 1.165) is 48.9 Å². The lowest BCUT2D eigenvalue weighted by molar-refractivity contribution is 0.0792. The molecule has 1 aliphatic heterocycles. The summed E-state index contributed by atoms with van der Waals surface area (Å²) >= 11 is 0. The molecule has 4 nitrogen and oxygen atoms in total. The monoisotopic (exact) mass is 357 g/mol. The zero-order valence-electron chi connectivity index (χ0n) is 15.5. The fourth-order valence-electron chi connectivity index (χ4n) is 3.92. The molecular formula is C23H23N3O. The van der Waals surface area contributed by atoms with Gasteiger partial charge in [-0.05, 0) is 60.2 Å². The van der Waals surface area contributed by atoms with Gasteiger partial charge < -0.3 is 5.11 Å². The summed E-state index contributed by atoms with van der Waals surface area (Å²) in [4.78, 5) is 6.86. The van der Waals surface area contributed by atoms with Gasteiger partial charge >= 0.3 is 0 Å². The Morgan fingerprint density at radius 2 is 1.81 bits per heavy atom. The minimum absolute atomic E-state index is 0.143. The molecule has 0 aliphatic carbocycles. The van der Waals surface area contributed by atoms with Gasteiger partial charge in [0, 0.05) is 25.0 Å². The second kappa shape index (κ2) is 7.48. The van der Waals surface area contributed by atoms with Crippen LogP contribution in [0.5, 0.6) is 0 Å². The first-order chi connectivity index (χ1) is 13.2. The molecule has 0 amide bonds. The van der Waals surface area contributed by atoms with Crippen molar-refractivity contribution in [1.29, 1.82) is 5.26 Å². The molecule has 0 radical (unpaired) electrons. The Hall–Kier alpha value is -2.74. The van der Waals surface area contributed by atoms with Crippen LogP contribution >= 0.6 is 0 Å². The maximum absolute atomic E-state index is 9.73. The Labute approximate surface area is 159 Å². The summed E-state index contributed by atoms with van der Waals surface area (Å²) in [7, 11) is 0. The Bertz CT molecular complexity index is 1010. The highest BCUT2D eigenvalue weighted by molar-refractivity contribution is 5.95. The summed E-state index contributed by atoms with van der Waals surface area (Å²) < 4.78 is 0. The average Bonchev–Trinajstić information content (AvgIpc) is 2.70. The molecule has 1 aliphatic rings. The molecule has 0 bridgehead atoms. The Morgan fingerprint density at radius 3 is 2.59 bits per heavy atom. The molecule has 27 heavy (non-hydrogen) atoms. The molecule has 1 N–H and O–H groups in total. The molecule has 3 aromatic rings. The molecule has 0 saturated carbocycles. The largest absolute Gasteiger partial charge is 0.393 e. The third kappa shape index (κ3) is 3.57. The highest BCUT2D eigenvalue weighted by Crippen LogP contribution is 2.32. The lowest BCUT2D eigenvalue weighted by Gasteiger charge is -2.30. The summed E-state index contributed by atoms with van der Waals surface area (Å²) in [6.07, 6.45) is 1.57. The van der Waals surface area contributed by atoms with Crippen LogP contribution in [0.4, 0.5) is 0 Å². The van der Waals surface area contributed by atoms with Crippen LogP contribution in [0.2, 0.25) is 0 Å². The van der Waals surface area contributed by atoms with Gasteiger partial charge in [-0.1, -0.05) is 30.3 Å². The van der Waals surface area contributed by atoms with Crippen LogP contribution in [0, 0.1) is 18.3 Å². The van der Waals surface area contributed by atoms with Crippen LogP contribution in [-0.4, -0.2) is 34.2 Å². The molecule has 136 valence electrons. The van der Waals surface area contributed by atoms with Crippen molar-refractivity contribution in [1.82, 2.24) is 9.88 Å². The SMILES string of the molecule is Cc1c(CN2CCC(O)CC2)cccc1-c1cccc2nc(C#N)ccc12. The molecule has 1 aromatic heterocycles. The number of pyridine rings is 1. The third-order valence-corrected chi connectivity index (χ3v) is 5.53. The van der Waals surface area contributed by atoms with Crippen molar-refractivity contribution >= 4 is 10.9 Å². The van der Waals surface area contributed by atoms with Crippen molar-refractivity contribution in [3.05, 3.63) is 65.4 Å². The van der Waals surface area contributed by atoms with E-state index in [-0.39, 0.29) is 6.10 Å². The number of benzene rings is 2. The molecule has 1 fully saturated rings. The summed E-state index contributed by atoms with van der Waals surface area (Å²) in [6, 6.07) is 18.4. The first kappa shape index (κ1) is 17.7. The van der Waals surface area contributed by atoms with E-state index in [1.165, 1.54) is 16.7 Å². The molecule has 0 spiro atoms. The van der Waals surface area contributed by atoms with Gasteiger partial charge in [0.25, 0.3) is 0 Å². The van der Waals surface area contributed by atoms with Gasteiger partial charge in [0.2, 0.25) is 0 Å². The predicted molar refractivity (Wildman–Crippen MR) is 107 cm³/mol. The molecule has 2 aromatic carbocycles. The summed E-state index contributed by atoms with van der Waals surface area (Å²) in [5, 5.41) is 19.9. The molecule has 0 atom stereocenters. The minimum atomic E-state index is -0.143. The summed E-state index contributed by atoms with van der Waals surface area (Å²) in [5.41, 5.74) is 6.25. The fraction of sp³-hybridized carbons (Fsp3) is 0.304. The molecule has 4 heteroatoms. The van der Waals surface area contributed by atoms with Gasteiger partial charge in [0.05, 0.1) is 11.6 Å². The summed E-state index contributed by atoms with van der Waals surface area (Å²) in [6.45, 7) is 4.98. The number of nitriles is 1. The van der Waals surface area contributed by atoms with Gasteiger partial charge in [-0.15, -0.1) is 0 Å². The van der Waals surface area contributed by atoms with Gasteiger partial charge in [0.1, 0.15) is 11.8 Å². The average molecular weight is 357 g/mol. The third-order valence-electron chi connectivity index (χ3n) is 5.53. The first-order valence-corrected chi connectivity index (χ1v) is 9.45. The smallest absolute Gasteiger partial charge is 0.141 e. The molecule has 4 rings (SSSR count). The number of rotatable bonds is 3. The van der Waals surface area contributed by atoms with E-state index < -0.39 is 0 Å². The van der Waals surface area contributed by atoms with Crippen LogP contribution in [0.1, 0.15) is 29.7 Å². The lowest BCUT2D eigenvalue weighted by Crippen LogP contribution is -2.35. The van der Waals surface area contributed by atoms with Gasteiger partial charge in [-0.2, -0.15) is 5.26 Å². The van der Waals surface area contributed by atoms with Gasteiger partial charge in [-0.25, -0.2) is 4.98 Å². The van der Waals surface area contributed by atoms with Crippen molar-refractivity contribution in [2.24, 2.45) is 0 Å². The molecule has 0 unspecified atom stereocenters. The minimum Gasteiger partial charge on any atom is -0.393 e. The van der Waals surface area contributed by atoms with E-state index in [0.29, 0.717) is 5.69 Å². The number of likely N-dealkylation sites (tertiary alicyclic amines) is 1. The second-order valence-electron chi connectivity index (χ2n) is 7.28. The van der Waals surface area contributed by atoms with Crippen LogP contribution < -0.4 is 0 Å². The number of piperidine rings is 1. The number of nitrogens with zero attached hydrogens (tertiary/aromatic N) is 3. The van der Waals surface area contributed by atoms with Crippen molar-refractivity contribution < 1.29 is 5.11 Å². The van der Waals surface area contributed by atoms with Crippen molar-refractivity contribution in [2.75, 3.05) is 13.1 Å². The fourth-order valence-corrected chi connectivity index (χ4v) is 3.92. The van der Waals surface area contributed by atoms with Gasteiger partial charge in [0.15, 0.2) is 0 Å².